The van der Waals surface area contributed by atoms with Crippen LogP contribution in [0.2, 0.25) is 0 Å². The van der Waals surface area contributed by atoms with E-state index in [-0.39, 0.29) is 55.9 Å². The van der Waals surface area contributed by atoms with Crippen LogP contribution < -0.4 is 0 Å². The lowest BCUT2D eigenvalue weighted by atomic mass is 9.33. The number of rotatable bonds is 32. The quantitative estimate of drug-likeness (QED) is 0.0101. The smallest absolute Gasteiger partial charge is 0.336 e. The maximum absolute atomic E-state index is 16.9. The van der Waals surface area contributed by atoms with Gasteiger partial charge in [0.05, 0.1) is 80.6 Å². The number of fused-ring (bicyclic) bond motifs is 7. The van der Waals surface area contributed by atoms with Gasteiger partial charge in [-0.05, 0) is 162 Å². The minimum Gasteiger partial charge on any atom is -0.459 e. The molecule has 46 atom stereocenters. The Kier molecular flexibility index (Phi) is 35.1. The van der Waals surface area contributed by atoms with Gasteiger partial charge in [0, 0.05) is 5.57 Å². The van der Waals surface area contributed by atoms with E-state index in [1.807, 2.05) is 0 Å². The molecule has 13 rings (SSSR count). The van der Waals surface area contributed by atoms with Crippen molar-refractivity contribution >= 4 is 17.9 Å². The summed E-state index contributed by atoms with van der Waals surface area (Å²) >= 11 is 0. The third-order valence-corrected chi connectivity index (χ3v) is 32.4. The van der Waals surface area contributed by atoms with E-state index in [1.54, 1.807) is 0 Å². The van der Waals surface area contributed by atoms with Gasteiger partial charge < -0.3 is 198 Å². The Hall–Kier alpha value is -4.37. The van der Waals surface area contributed by atoms with Gasteiger partial charge in [0.1, 0.15) is 159 Å². The molecule has 0 bridgehead atoms. The molecule has 8 saturated heterocycles. The maximum atomic E-state index is 16.9. The van der Waals surface area contributed by atoms with Gasteiger partial charge in [0.2, 0.25) is 6.29 Å². The molecule has 43 nitrogen and oxygen atoms in total. The molecule has 0 aromatic rings. The maximum Gasteiger partial charge on any atom is 0.336 e. The molecule has 782 valence electrons. The molecule has 137 heavy (non-hydrogen) atoms. The van der Waals surface area contributed by atoms with Crippen LogP contribution >= 0.6 is 0 Å². The highest BCUT2D eigenvalue weighted by Crippen LogP contribution is 2.76. The Balaban J connectivity index is 0.814. The molecule has 8 aliphatic heterocycles. The minimum atomic E-state index is -2.24. The number of aliphatic hydroxyl groups is 22. The van der Waals surface area contributed by atoms with Crippen LogP contribution in [0.15, 0.2) is 60.3 Å². The van der Waals surface area contributed by atoms with Crippen LogP contribution in [-0.4, -0.2) is 422 Å². The number of allylic oxidation sites excluding steroid dienone is 4. The summed E-state index contributed by atoms with van der Waals surface area (Å²) in [6.07, 6.45) is -54.8. The highest BCUT2D eigenvalue weighted by molar-refractivity contribution is 5.89. The molecule has 0 amide bonds. The molecule has 5 aliphatic carbocycles. The van der Waals surface area contributed by atoms with Gasteiger partial charge in [-0.25, -0.2) is 9.59 Å². The lowest BCUT2D eigenvalue weighted by Crippen LogP contribution is -2.68. The van der Waals surface area contributed by atoms with Crippen LogP contribution in [-0.2, 0) is 99.6 Å². The molecular formula is C94H148O43. The zero-order valence-electron chi connectivity index (χ0n) is 79.4. The Morgan fingerprint density at radius 2 is 0.971 bits per heavy atom. The third kappa shape index (κ3) is 22.3. The van der Waals surface area contributed by atoms with Crippen LogP contribution in [0.5, 0.6) is 0 Å². The number of carbonyl (C=O) groups is 3. The average Bonchev–Trinajstić information content (AvgIpc) is 0.672. The van der Waals surface area contributed by atoms with E-state index < -0.39 is 353 Å². The SMILES string of the molecule is C=CC(C)(O)CC/C=C(\CO)C(=O)O[C@H]1[C@H](O)[C@@H](COC(=O)/C(C)=C/CC[C@](C)(O)C=C)O[C@@H](OC(=O)[C@]23CCC(C)(C)C[C@H]2C2=CC[C@@H]4[C@@]5(C)CC[C@H](O[C@@H]6O[C@H](CO[C@@H]7OC[C@H](O)[C@H](O)[C@H]7O[C@@H]7OC[C@@H](O)[C@H](O)[C@H]7O)[C@@H](O)[C@H](O)[C@H]6O)C(C)(C)[C@@H]5CC[C@@]4(C)[C@]2(C)CC3)[C@@H]1O[C@@H]1O[C@@H](C)[C@H](O[C@@H]2OC[C@@H](O)[C@H](O[C@@H]3OC[C@@H](O)[C@H](O)[C@H]3O)[C@H]2O)[C@@H](O)[C@H]1O[C@@H]1O[C@H](CO)[C@H](O)[C@H](O)[C@H]1O. The molecule has 4 saturated carbocycles. The zero-order valence-corrected chi connectivity index (χ0v) is 79.4. The Bertz CT molecular complexity index is 4170. The van der Waals surface area contributed by atoms with Gasteiger partial charge >= 0.3 is 17.9 Å². The summed E-state index contributed by atoms with van der Waals surface area (Å²) in [7, 11) is 0. The van der Waals surface area contributed by atoms with Gasteiger partial charge in [0.15, 0.2) is 56.2 Å². The second-order valence-electron chi connectivity index (χ2n) is 42.5. The molecule has 1 unspecified atom stereocenters. The first-order valence-corrected chi connectivity index (χ1v) is 47.7. The number of esters is 3. The molecular weight excluding hydrogens is 1820 g/mol. The topological polar surface area (TPSA) is 662 Å². The fourth-order valence-electron chi connectivity index (χ4n) is 23.4. The molecule has 12 fully saturated rings. The number of aliphatic hydroxyl groups excluding tert-OH is 20. The third-order valence-electron chi connectivity index (χ3n) is 32.4. The summed E-state index contributed by atoms with van der Waals surface area (Å²) in [5.74, 6) is -3.79. The Morgan fingerprint density at radius 1 is 0.467 bits per heavy atom. The van der Waals surface area contributed by atoms with Gasteiger partial charge in [-0.15, -0.1) is 13.2 Å². The molecule has 0 radical (unpaired) electrons. The van der Waals surface area contributed by atoms with Gasteiger partial charge in [0.25, 0.3) is 0 Å². The van der Waals surface area contributed by atoms with Crippen LogP contribution in [0.25, 0.3) is 0 Å². The van der Waals surface area contributed by atoms with Gasteiger partial charge in [-0.1, -0.05) is 84.4 Å². The molecule has 0 aromatic carbocycles. The molecule has 8 heterocycles. The highest BCUT2D eigenvalue weighted by Gasteiger charge is 2.71. The summed E-state index contributed by atoms with van der Waals surface area (Å²) in [5, 5.41) is 245. The number of carbonyl (C=O) groups excluding carboxylic acids is 3. The first kappa shape index (κ1) is 110. The van der Waals surface area contributed by atoms with Crippen LogP contribution in [0.1, 0.15) is 166 Å². The summed E-state index contributed by atoms with van der Waals surface area (Å²) in [6, 6.07) is 0. The van der Waals surface area contributed by atoms with Crippen molar-refractivity contribution in [3.05, 3.63) is 60.3 Å². The van der Waals surface area contributed by atoms with Crippen molar-refractivity contribution in [3.63, 3.8) is 0 Å². The minimum absolute atomic E-state index is 0.00692. The number of hydrogen-bond acceptors (Lipinski definition) is 43. The Morgan fingerprint density at radius 3 is 1.58 bits per heavy atom. The molecule has 22 N–H and O–H groups in total. The standard InChI is InChI=1S/C94H148O43/c1-14-89(9,118)24-16-18-41(3)76(115)120-39-52-61(106)72(131-77(116)43(33-95)19-17-25-90(10,119)15-2)75(136-84-74(135-82-67(112)62(107)59(104)50(34-96)127-82)68(113)70(42(4)126-84)132-80-69(114)71(49(100)38-123-80)133-78-64(109)56(101)46(97)35-121-78)85(129-52)137-86(117)94-30-28-87(5,6)32-45(94)44-20-21-54-91(11)26-23-55(88(7,8)53(91)22-27-93(54,13)92(44,12)29-31-94)130-81-66(111)63(108)60(105)51(128-81)40-125-83-73(58(103)48(99)37-124-83)134-79-65(110)57(102)47(98)36-122-79/h14-15,18-20,42,45-75,78-85,95-114,118-119H,1-2,16-17,21-40H2,3-13H3/b41-18+,43-19+/t42-,45-,46+,47+,48-,49+,50+,51+,52+,53-,54+,55-,56-,57-,58-,59-,60+,61+,62-,63-,64+,65+,66+,67+,68+,69+,70-,71-,72-,73+,74+,75+,78-,79-,80-,81-,82-,83-,84-,85-,89+,90?,91-,92+,93+,94-/m0/s1. The van der Waals surface area contributed by atoms with E-state index >= 15 is 9.59 Å². The van der Waals surface area contributed by atoms with Crippen LogP contribution in [0, 0.1) is 50.2 Å². The van der Waals surface area contributed by atoms with Crippen LogP contribution in [0.3, 0.4) is 0 Å². The second-order valence-corrected chi connectivity index (χ2v) is 42.5. The predicted molar refractivity (Wildman–Crippen MR) is 465 cm³/mol. The molecule has 0 spiro atoms. The van der Waals surface area contributed by atoms with E-state index in [9.17, 15) is 117 Å². The average molecular weight is 1970 g/mol. The van der Waals surface area contributed by atoms with Gasteiger partial charge in [-0.3, -0.25) is 4.79 Å². The van der Waals surface area contributed by atoms with E-state index in [1.165, 1.54) is 52.0 Å². The van der Waals surface area contributed by atoms with Crippen molar-refractivity contribution < 1.29 is 212 Å². The first-order valence-electron chi connectivity index (χ1n) is 47.7. The fraction of sp³-hybridized carbons (Fsp3) is 0.862. The van der Waals surface area contributed by atoms with Crippen molar-refractivity contribution in [1.29, 1.82) is 0 Å². The molecule has 13 aliphatic rings. The monoisotopic (exact) mass is 1960 g/mol. The highest BCUT2D eigenvalue weighted by atomic mass is 16.8. The van der Waals surface area contributed by atoms with Crippen molar-refractivity contribution in [3.8, 4) is 0 Å². The number of ether oxygens (including phenoxy) is 18. The molecule has 0 aromatic heterocycles. The Labute approximate surface area is 794 Å². The van der Waals surface area contributed by atoms with E-state index in [0.29, 0.717) is 51.4 Å². The largest absolute Gasteiger partial charge is 0.459 e. The van der Waals surface area contributed by atoms with Crippen molar-refractivity contribution in [2.24, 2.45) is 50.2 Å². The van der Waals surface area contributed by atoms with Crippen molar-refractivity contribution in [1.82, 2.24) is 0 Å². The fourth-order valence-corrected chi connectivity index (χ4v) is 23.4. The second kappa shape index (κ2) is 43.7. The summed E-state index contributed by atoms with van der Waals surface area (Å²) < 4.78 is 111. The van der Waals surface area contributed by atoms with Crippen molar-refractivity contribution in [2.75, 3.05) is 52.9 Å². The van der Waals surface area contributed by atoms with E-state index in [4.69, 9.17) is 85.3 Å². The number of hydrogen-bond donors (Lipinski definition) is 22. The van der Waals surface area contributed by atoms with Crippen molar-refractivity contribution in [2.45, 2.75) is 405 Å². The van der Waals surface area contributed by atoms with E-state index in [2.05, 4.69) is 67.7 Å². The normalized spacial score (nSPS) is 47.7. The van der Waals surface area contributed by atoms with E-state index in [0.717, 1.165) is 5.57 Å². The summed E-state index contributed by atoms with van der Waals surface area (Å²) in [4.78, 5) is 46.1. The summed E-state index contributed by atoms with van der Waals surface area (Å²) in [5.41, 5.74) is -6.24. The lowest BCUT2D eigenvalue weighted by molar-refractivity contribution is -0.401. The zero-order chi connectivity index (χ0) is 100. The summed E-state index contributed by atoms with van der Waals surface area (Å²) in [6.45, 7) is 22.8. The first-order chi connectivity index (χ1) is 64.3. The van der Waals surface area contributed by atoms with Gasteiger partial charge in [-0.2, -0.15) is 0 Å². The van der Waals surface area contributed by atoms with Crippen LogP contribution in [0.4, 0.5) is 0 Å². The lowest BCUT2D eigenvalue weighted by Gasteiger charge is -2.71. The predicted octanol–water partition coefficient (Wildman–Crippen LogP) is -3.75. The molecule has 43 heteroatoms.